The average molecular weight is 501 g/mol. The Hall–Kier alpha value is -3.51. The van der Waals surface area contributed by atoms with E-state index in [1.807, 2.05) is 57.2 Å². The van der Waals surface area contributed by atoms with E-state index in [9.17, 15) is 9.90 Å². The zero-order valence-corrected chi connectivity index (χ0v) is 21.5. The minimum Gasteiger partial charge on any atom is -0.465 e. The van der Waals surface area contributed by atoms with E-state index in [-0.39, 0.29) is 5.41 Å². The van der Waals surface area contributed by atoms with Crippen LogP contribution < -0.4 is 0 Å². The molecule has 1 N–H and O–H groups in total. The molecule has 0 atom stereocenters. The predicted molar refractivity (Wildman–Crippen MR) is 143 cm³/mol. The maximum atomic E-state index is 12.0. The number of benzene rings is 2. The summed E-state index contributed by atoms with van der Waals surface area (Å²) in [5, 5.41) is 10.3. The SMILES string of the molecule is CC(C)(C)N(CC1(c2ccc(-c3nc4ccc(Cl)nc4nc3-c3ccccc3)cc2)CCC1)C(=O)O. The van der Waals surface area contributed by atoms with Crippen molar-refractivity contribution in [2.45, 2.75) is 51.0 Å². The van der Waals surface area contributed by atoms with Crippen molar-refractivity contribution in [1.29, 1.82) is 0 Å². The van der Waals surface area contributed by atoms with Gasteiger partial charge in [-0.1, -0.05) is 72.6 Å². The van der Waals surface area contributed by atoms with Gasteiger partial charge in [-0.2, -0.15) is 0 Å². The van der Waals surface area contributed by atoms with Crippen molar-refractivity contribution in [2.24, 2.45) is 0 Å². The summed E-state index contributed by atoms with van der Waals surface area (Å²) < 4.78 is 0. The summed E-state index contributed by atoms with van der Waals surface area (Å²) in [6.07, 6.45) is 2.18. The molecule has 5 rings (SSSR count). The fourth-order valence-corrected chi connectivity index (χ4v) is 5.08. The summed E-state index contributed by atoms with van der Waals surface area (Å²) in [6.45, 7) is 6.33. The van der Waals surface area contributed by atoms with E-state index in [1.54, 1.807) is 11.0 Å². The van der Waals surface area contributed by atoms with Crippen LogP contribution in [0.2, 0.25) is 5.15 Å². The Bertz CT molecular complexity index is 1410. The molecule has 0 aliphatic heterocycles. The lowest BCUT2D eigenvalue weighted by atomic mass is 9.63. The molecule has 1 saturated carbocycles. The molecule has 36 heavy (non-hydrogen) atoms. The number of halogens is 1. The number of aromatic nitrogens is 3. The molecule has 2 aromatic carbocycles. The van der Waals surface area contributed by atoms with Crippen LogP contribution in [0.15, 0.2) is 66.7 Å². The van der Waals surface area contributed by atoms with Crippen molar-refractivity contribution in [1.82, 2.24) is 19.9 Å². The molecule has 0 bridgehead atoms. The largest absolute Gasteiger partial charge is 0.465 e. The number of carbonyl (C=O) groups is 1. The molecular formula is C29H29ClN4O2. The van der Waals surface area contributed by atoms with Gasteiger partial charge in [-0.25, -0.2) is 19.7 Å². The number of pyridine rings is 1. The minimum atomic E-state index is -0.877. The summed E-state index contributed by atoms with van der Waals surface area (Å²) in [4.78, 5) is 27.7. The third-order valence-corrected chi connectivity index (χ3v) is 7.34. The number of nitrogens with zero attached hydrogens (tertiary/aromatic N) is 4. The zero-order valence-electron chi connectivity index (χ0n) is 20.7. The van der Waals surface area contributed by atoms with Crippen LogP contribution in [0.1, 0.15) is 45.6 Å². The second kappa shape index (κ2) is 9.17. The van der Waals surface area contributed by atoms with Gasteiger partial charge in [0.2, 0.25) is 0 Å². The maximum absolute atomic E-state index is 12.0. The highest BCUT2D eigenvalue weighted by Crippen LogP contribution is 2.46. The molecule has 0 spiro atoms. The Labute approximate surface area is 216 Å². The fourth-order valence-electron chi connectivity index (χ4n) is 4.94. The van der Waals surface area contributed by atoms with Crippen molar-refractivity contribution in [3.05, 3.63) is 77.4 Å². The molecule has 0 saturated heterocycles. The second-order valence-electron chi connectivity index (χ2n) is 10.5. The molecule has 2 aromatic heterocycles. The standard InChI is InChI=1S/C29H29ClN4O2/c1-28(2,3)34(27(35)36)18-29(16-7-17-29)21-12-10-20(11-13-21)24-25(19-8-5-4-6-9-19)33-26-22(31-24)14-15-23(30)32-26/h4-6,8-15H,7,16-18H2,1-3H3,(H,35,36). The van der Waals surface area contributed by atoms with E-state index in [0.29, 0.717) is 22.9 Å². The Morgan fingerprint density at radius 1 is 0.917 bits per heavy atom. The lowest BCUT2D eigenvalue weighted by Crippen LogP contribution is -2.54. The lowest BCUT2D eigenvalue weighted by molar-refractivity contribution is 0.0628. The molecule has 1 aliphatic carbocycles. The van der Waals surface area contributed by atoms with Crippen LogP contribution in [0.5, 0.6) is 0 Å². The molecular weight excluding hydrogens is 472 g/mol. The van der Waals surface area contributed by atoms with Gasteiger partial charge in [0, 0.05) is 28.6 Å². The summed E-state index contributed by atoms with van der Waals surface area (Å²) in [5.74, 6) is 0. The van der Waals surface area contributed by atoms with Gasteiger partial charge in [0.25, 0.3) is 0 Å². The molecule has 1 amide bonds. The number of carboxylic acid groups (broad SMARTS) is 1. The van der Waals surface area contributed by atoms with E-state index in [2.05, 4.69) is 29.2 Å². The highest BCUT2D eigenvalue weighted by molar-refractivity contribution is 6.29. The molecule has 0 unspecified atom stereocenters. The first-order valence-corrected chi connectivity index (χ1v) is 12.6. The van der Waals surface area contributed by atoms with Crippen molar-refractivity contribution in [3.63, 3.8) is 0 Å². The summed E-state index contributed by atoms with van der Waals surface area (Å²) in [6, 6.07) is 21.9. The van der Waals surface area contributed by atoms with Gasteiger partial charge in [-0.05, 0) is 51.3 Å². The molecule has 1 aliphatic rings. The van der Waals surface area contributed by atoms with Crippen molar-refractivity contribution in [2.75, 3.05) is 6.54 Å². The normalized spacial score (nSPS) is 14.9. The third-order valence-electron chi connectivity index (χ3n) is 7.12. The number of hydrogen-bond acceptors (Lipinski definition) is 4. The molecule has 7 heteroatoms. The maximum Gasteiger partial charge on any atom is 0.407 e. The topological polar surface area (TPSA) is 79.2 Å². The Morgan fingerprint density at radius 3 is 2.14 bits per heavy atom. The first-order valence-electron chi connectivity index (χ1n) is 12.2. The highest BCUT2D eigenvalue weighted by atomic mass is 35.5. The number of amides is 1. The van der Waals surface area contributed by atoms with Gasteiger partial charge in [-0.3, -0.25) is 0 Å². The van der Waals surface area contributed by atoms with E-state index in [0.717, 1.165) is 47.3 Å². The van der Waals surface area contributed by atoms with Crippen LogP contribution in [-0.2, 0) is 5.41 Å². The van der Waals surface area contributed by atoms with Gasteiger partial charge in [0.15, 0.2) is 5.65 Å². The van der Waals surface area contributed by atoms with Gasteiger partial charge in [0.05, 0.1) is 11.4 Å². The van der Waals surface area contributed by atoms with Crippen LogP contribution in [-0.4, -0.2) is 43.1 Å². The van der Waals surface area contributed by atoms with Crippen molar-refractivity contribution < 1.29 is 9.90 Å². The average Bonchev–Trinajstić information content (AvgIpc) is 2.82. The van der Waals surface area contributed by atoms with Crippen LogP contribution in [0, 0.1) is 0 Å². The molecule has 0 radical (unpaired) electrons. The summed E-state index contributed by atoms with van der Waals surface area (Å²) in [7, 11) is 0. The fraction of sp³-hybridized carbons (Fsp3) is 0.310. The van der Waals surface area contributed by atoms with E-state index in [4.69, 9.17) is 21.6 Å². The lowest BCUT2D eigenvalue weighted by Gasteiger charge is -2.48. The van der Waals surface area contributed by atoms with E-state index >= 15 is 0 Å². The van der Waals surface area contributed by atoms with Crippen LogP contribution >= 0.6 is 11.6 Å². The third kappa shape index (κ3) is 4.53. The van der Waals surface area contributed by atoms with Crippen LogP contribution in [0.4, 0.5) is 4.79 Å². The van der Waals surface area contributed by atoms with Gasteiger partial charge in [0.1, 0.15) is 10.7 Å². The zero-order chi connectivity index (χ0) is 25.5. The van der Waals surface area contributed by atoms with Gasteiger partial charge in [-0.15, -0.1) is 0 Å². The second-order valence-corrected chi connectivity index (χ2v) is 10.9. The molecule has 4 aromatic rings. The highest BCUT2D eigenvalue weighted by Gasteiger charge is 2.43. The monoisotopic (exact) mass is 500 g/mol. The van der Waals surface area contributed by atoms with Crippen molar-refractivity contribution in [3.8, 4) is 22.5 Å². The van der Waals surface area contributed by atoms with E-state index < -0.39 is 11.6 Å². The summed E-state index contributed by atoms with van der Waals surface area (Å²) in [5.41, 5.74) is 5.13. The van der Waals surface area contributed by atoms with Gasteiger partial charge >= 0.3 is 6.09 Å². The quantitative estimate of drug-likeness (QED) is 0.293. The van der Waals surface area contributed by atoms with Crippen molar-refractivity contribution >= 4 is 28.9 Å². The Kier molecular flexibility index (Phi) is 6.17. The Morgan fingerprint density at radius 2 is 1.56 bits per heavy atom. The molecule has 6 nitrogen and oxygen atoms in total. The predicted octanol–water partition coefficient (Wildman–Crippen LogP) is 7.21. The first kappa shape index (κ1) is 24.2. The first-order chi connectivity index (χ1) is 17.2. The number of hydrogen-bond donors (Lipinski definition) is 1. The molecule has 2 heterocycles. The number of rotatable bonds is 5. The number of fused-ring (bicyclic) bond motifs is 1. The molecule has 184 valence electrons. The smallest absolute Gasteiger partial charge is 0.407 e. The summed E-state index contributed by atoms with van der Waals surface area (Å²) >= 11 is 6.12. The van der Waals surface area contributed by atoms with Gasteiger partial charge < -0.3 is 10.0 Å². The molecule has 1 fully saturated rings. The van der Waals surface area contributed by atoms with E-state index in [1.165, 1.54) is 0 Å². The van der Waals surface area contributed by atoms with Crippen LogP contribution in [0.25, 0.3) is 33.7 Å². The van der Waals surface area contributed by atoms with Crippen LogP contribution in [0.3, 0.4) is 0 Å². The Balaban J connectivity index is 1.56. The minimum absolute atomic E-state index is 0.164.